The van der Waals surface area contributed by atoms with E-state index >= 15 is 0 Å². The lowest BCUT2D eigenvalue weighted by Crippen LogP contribution is -2.33. The molecule has 92 valence electrons. The Balaban J connectivity index is 2.32. The molecular weight excluding hydrogens is 234 g/mol. The molecule has 0 saturated heterocycles. The number of hydrogen-bond acceptors (Lipinski definition) is 2. The number of nitrogens with zero attached hydrogens (tertiary/aromatic N) is 3. The molecule has 1 aromatic heterocycles. The second-order valence-electron chi connectivity index (χ2n) is 3.71. The Morgan fingerprint density at radius 3 is 2.94 bits per heavy atom. The molecule has 6 heteroatoms. The summed E-state index contributed by atoms with van der Waals surface area (Å²) < 4.78 is 0. The molecule has 1 rings (SSSR count). The van der Waals surface area contributed by atoms with Gasteiger partial charge in [0, 0.05) is 33.0 Å². The van der Waals surface area contributed by atoms with Gasteiger partial charge in [-0.3, -0.25) is 4.98 Å². The third-order valence-corrected chi connectivity index (χ3v) is 2.32. The van der Waals surface area contributed by atoms with Crippen LogP contribution in [0.2, 0.25) is 0 Å². The van der Waals surface area contributed by atoms with Crippen molar-refractivity contribution in [3.8, 4) is 0 Å². The molecule has 17 heavy (non-hydrogen) atoms. The minimum Gasteiger partial charge on any atom is -0.369 e. The van der Waals surface area contributed by atoms with Crippen LogP contribution in [0.5, 0.6) is 0 Å². The van der Waals surface area contributed by atoms with Crippen LogP contribution in [0.1, 0.15) is 5.56 Å². The molecule has 0 aromatic carbocycles. The Kier molecular flexibility index (Phi) is 5.35. The van der Waals surface area contributed by atoms with Crippen LogP contribution >= 0.6 is 12.2 Å². The van der Waals surface area contributed by atoms with Crippen molar-refractivity contribution in [3.05, 3.63) is 30.1 Å². The number of nitrogens with one attached hydrogen (secondary N) is 1. The highest BCUT2D eigenvalue weighted by atomic mass is 32.1. The van der Waals surface area contributed by atoms with E-state index in [0.717, 1.165) is 12.0 Å². The van der Waals surface area contributed by atoms with Gasteiger partial charge < -0.3 is 16.0 Å². The van der Waals surface area contributed by atoms with E-state index in [9.17, 15) is 0 Å². The van der Waals surface area contributed by atoms with Gasteiger partial charge in [0.05, 0.1) is 0 Å². The Morgan fingerprint density at radius 1 is 1.59 bits per heavy atom. The van der Waals surface area contributed by atoms with Crippen molar-refractivity contribution in [2.24, 2.45) is 10.7 Å². The van der Waals surface area contributed by atoms with Gasteiger partial charge in [0.25, 0.3) is 0 Å². The van der Waals surface area contributed by atoms with Crippen molar-refractivity contribution < 1.29 is 0 Å². The molecule has 0 spiro atoms. The maximum atomic E-state index is 5.64. The van der Waals surface area contributed by atoms with E-state index in [0.29, 0.717) is 17.6 Å². The first-order valence-electron chi connectivity index (χ1n) is 5.28. The van der Waals surface area contributed by atoms with E-state index in [-0.39, 0.29) is 0 Å². The summed E-state index contributed by atoms with van der Waals surface area (Å²) >= 11 is 5.04. The number of pyridine rings is 1. The summed E-state index contributed by atoms with van der Waals surface area (Å²) in [6, 6.07) is 3.94. The molecule has 5 nitrogen and oxygen atoms in total. The number of thiocarbonyl (C=S) groups is 1. The van der Waals surface area contributed by atoms with Gasteiger partial charge >= 0.3 is 0 Å². The largest absolute Gasteiger partial charge is 0.369 e. The quantitative estimate of drug-likeness (QED) is 0.462. The van der Waals surface area contributed by atoms with Crippen LogP contribution in [0.3, 0.4) is 0 Å². The fourth-order valence-corrected chi connectivity index (χ4v) is 1.30. The predicted octanol–water partition coefficient (Wildman–Crippen LogP) is 0.375. The summed E-state index contributed by atoms with van der Waals surface area (Å²) in [6.07, 6.45) is 4.44. The molecule has 0 bridgehead atoms. The second kappa shape index (κ2) is 6.80. The highest BCUT2D eigenvalue weighted by Gasteiger charge is 1.98. The van der Waals surface area contributed by atoms with Crippen LogP contribution in [0.25, 0.3) is 0 Å². The molecule has 0 aliphatic carbocycles. The molecule has 0 fully saturated rings. The molecule has 0 aliphatic rings. The van der Waals surface area contributed by atoms with Gasteiger partial charge in [-0.25, -0.2) is 0 Å². The molecule has 0 amide bonds. The van der Waals surface area contributed by atoms with Gasteiger partial charge in [-0.2, -0.15) is 4.99 Å². The van der Waals surface area contributed by atoms with Crippen LogP contribution in [0.4, 0.5) is 0 Å². The van der Waals surface area contributed by atoms with E-state index in [1.807, 2.05) is 32.4 Å². The minimum atomic E-state index is 0.392. The first kappa shape index (κ1) is 13.4. The second-order valence-corrected chi connectivity index (χ2v) is 4.09. The van der Waals surface area contributed by atoms with Gasteiger partial charge in [0.2, 0.25) is 0 Å². The summed E-state index contributed by atoms with van der Waals surface area (Å²) in [5.41, 5.74) is 6.80. The standard InChI is InChI=1S/C11H17N5S/c1-16(2)10(12)15-11(17)14-7-5-9-4-3-6-13-8-9/h3-4,6,8H,5,7H2,1-2H3,(H3,12,14,15,17). The predicted molar refractivity (Wildman–Crippen MR) is 73.9 cm³/mol. The molecule has 3 N–H and O–H groups in total. The Morgan fingerprint density at radius 2 is 2.35 bits per heavy atom. The zero-order chi connectivity index (χ0) is 12.7. The van der Waals surface area contributed by atoms with E-state index in [1.165, 1.54) is 0 Å². The van der Waals surface area contributed by atoms with Gasteiger partial charge in [-0.1, -0.05) is 6.07 Å². The highest BCUT2D eigenvalue weighted by Crippen LogP contribution is 1.95. The van der Waals surface area contributed by atoms with Crippen molar-refractivity contribution in [2.75, 3.05) is 20.6 Å². The lowest BCUT2D eigenvalue weighted by atomic mass is 10.2. The Hall–Kier alpha value is -1.69. The number of nitrogens with two attached hydrogens (primary N) is 1. The molecular formula is C11H17N5S. The van der Waals surface area contributed by atoms with E-state index < -0.39 is 0 Å². The van der Waals surface area contributed by atoms with Gasteiger partial charge in [-0.15, -0.1) is 0 Å². The molecule has 0 radical (unpaired) electrons. The maximum absolute atomic E-state index is 5.64. The van der Waals surface area contributed by atoms with Crippen molar-refractivity contribution >= 4 is 23.3 Å². The number of rotatable bonds is 3. The molecule has 0 saturated carbocycles. The van der Waals surface area contributed by atoms with Crippen molar-refractivity contribution in [1.29, 1.82) is 0 Å². The molecule has 1 heterocycles. The normalized spacial score (nSPS) is 11.1. The Labute approximate surface area is 107 Å². The number of aromatic nitrogens is 1. The minimum absolute atomic E-state index is 0.392. The van der Waals surface area contributed by atoms with Gasteiger partial charge in [0.15, 0.2) is 11.1 Å². The number of aliphatic imine (C=N–C) groups is 1. The lowest BCUT2D eigenvalue weighted by molar-refractivity contribution is 0.615. The summed E-state index contributed by atoms with van der Waals surface area (Å²) in [5, 5.41) is 3.43. The zero-order valence-electron chi connectivity index (χ0n) is 10.1. The van der Waals surface area contributed by atoms with Crippen LogP contribution in [-0.4, -0.2) is 41.6 Å². The number of guanidine groups is 1. The van der Waals surface area contributed by atoms with Crippen molar-refractivity contribution in [1.82, 2.24) is 15.2 Å². The first-order valence-corrected chi connectivity index (χ1v) is 5.68. The monoisotopic (exact) mass is 251 g/mol. The third kappa shape index (κ3) is 5.26. The van der Waals surface area contributed by atoms with E-state index in [1.54, 1.807) is 11.1 Å². The van der Waals surface area contributed by atoms with Gasteiger partial charge in [0.1, 0.15) is 0 Å². The van der Waals surface area contributed by atoms with Crippen molar-refractivity contribution in [2.45, 2.75) is 6.42 Å². The zero-order valence-corrected chi connectivity index (χ0v) is 10.9. The Bertz CT molecular complexity index is 388. The fraction of sp³-hybridized carbons (Fsp3) is 0.364. The van der Waals surface area contributed by atoms with E-state index in [4.69, 9.17) is 18.0 Å². The molecule has 0 aliphatic heterocycles. The third-order valence-electron chi connectivity index (χ3n) is 2.09. The van der Waals surface area contributed by atoms with Crippen LogP contribution in [-0.2, 0) is 6.42 Å². The summed E-state index contributed by atoms with van der Waals surface area (Å²) in [6.45, 7) is 0.717. The molecule has 0 atom stereocenters. The van der Waals surface area contributed by atoms with Crippen LogP contribution < -0.4 is 11.1 Å². The lowest BCUT2D eigenvalue weighted by Gasteiger charge is -2.11. The SMILES string of the molecule is CN(C)C(N)=NC(=S)NCCc1cccnc1. The molecule has 0 unspecified atom stereocenters. The van der Waals surface area contributed by atoms with Crippen LogP contribution in [0, 0.1) is 0 Å². The van der Waals surface area contributed by atoms with Crippen LogP contribution in [0.15, 0.2) is 29.5 Å². The molecule has 1 aromatic rings. The average molecular weight is 251 g/mol. The maximum Gasteiger partial charge on any atom is 0.198 e. The number of hydrogen-bond donors (Lipinski definition) is 2. The van der Waals surface area contributed by atoms with Gasteiger partial charge in [-0.05, 0) is 30.3 Å². The summed E-state index contributed by atoms with van der Waals surface area (Å²) in [4.78, 5) is 9.78. The topological polar surface area (TPSA) is 66.5 Å². The smallest absolute Gasteiger partial charge is 0.198 e. The van der Waals surface area contributed by atoms with Crippen molar-refractivity contribution in [3.63, 3.8) is 0 Å². The first-order chi connectivity index (χ1) is 8.09. The highest BCUT2D eigenvalue weighted by molar-refractivity contribution is 7.80. The average Bonchev–Trinajstić information content (AvgIpc) is 2.30. The fourth-order valence-electron chi connectivity index (χ4n) is 1.10. The van der Waals surface area contributed by atoms with E-state index in [2.05, 4.69) is 15.3 Å². The summed E-state index contributed by atoms with van der Waals surface area (Å²) in [7, 11) is 3.63. The summed E-state index contributed by atoms with van der Waals surface area (Å²) in [5.74, 6) is 0.392.